The summed E-state index contributed by atoms with van der Waals surface area (Å²) < 4.78 is 5.47. The smallest absolute Gasteiger partial charge is 0.193 e. The van der Waals surface area contributed by atoms with Gasteiger partial charge in [0, 0.05) is 32.1 Å². The molecule has 1 aliphatic rings. The fraction of sp³-hybridized carbons (Fsp3) is 0.632. The summed E-state index contributed by atoms with van der Waals surface area (Å²) in [5.74, 6) is 3.18. The Morgan fingerprint density at radius 3 is 2.62 bits per heavy atom. The third-order valence-corrected chi connectivity index (χ3v) is 4.60. The van der Waals surface area contributed by atoms with Crippen molar-refractivity contribution >= 4 is 29.9 Å². The number of ether oxygens (including phenoxy) is 1. The third kappa shape index (κ3) is 5.83. The maximum absolute atomic E-state index is 5.47. The Bertz CT molecular complexity index is 513. The van der Waals surface area contributed by atoms with E-state index in [1.165, 1.54) is 18.4 Å². The van der Waals surface area contributed by atoms with Crippen molar-refractivity contribution in [2.45, 2.75) is 39.5 Å². The lowest BCUT2D eigenvalue weighted by Gasteiger charge is -2.33. The summed E-state index contributed by atoms with van der Waals surface area (Å²) in [5.41, 5.74) is 1.22. The summed E-state index contributed by atoms with van der Waals surface area (Å²) in [7, 11) is 1.73. The molecule has 0 saturated carbocycles. The summed E-state index contributed by atoms with van der Waals surface area (Å²) in [5, 5.41) is 3.45. The van der Waals surface area contributed by atoms with E-state index in [1.807, 2.05) is 12.1 Å². The monoisotopic (exact) mass is 445 g/mol. The van der Waals surface area contributed by atoms with E-state index >= 15 is 0 Å². The van der Waals surface area contributed by atoms with Crippen molar-refractivity contribution < 1.29 is 4.74 Å². The van der Waals surface area contributed by atoms with Crippen molar-refractivity contribution in [1.29, 1.82) is 0 Å². The number of hydrogen-bond donors (Lipinski definition) is 1. The van der Waals surface area contributed by atoms with E-state index in [4.69, 9.17) is 9.73 Å². The second kappa shape index (κ2) is 10.8. The van der Waals surface area contributed by atoms with Gasteiger partial charge >= 0.3 is 0 Å². The van der Waals surface area contributed by atoms with Crippen LogP contribution >= 0.6 is 24.0 Å². The van der Waals surface area contributed by atoms with Crippen molar-refractivity contribution in [3.63, 3.8) is 0 Å². The van der Waals surface area contributed by atoms with Gasteiger partial charge < -0.3 is 15.0 Å². The van der Waals surface area contributed by atoms with Gasteiger partial charge in [-0.3, -0.25) is 4.99 Å². The van der Waals surface area contributed by atoms with Crippen molar-refractivity contribution in [3.8, 4) is 5.75 Å². The zero-order valence-electron chi connectivity index (χ0n) is 15.4. The summed E-state index contributed by atoms with van der Waals surface area (Å²) in [6, 6.07) is 8.23. The fourth-order valence-corrected chi connectivity index (χ4v) is 3.04. The van der Waals surface area contributed by atoms with Crippen LogP contribution in [0.1, 0.15) is 45.1 Å². The molecule has 24 heavy (non-hydrogen) atoms. The minimum absolute atomic E-state index is 0. The van der Waals surface area contributed by atoms with E-state index in [-0.39, 0.29) is 24.0 Å². The minimum atomic E-state index is 0. The van der Waals surface area contributed by atoms with E-state index in [0.717, 1.165) is 43.8 Å². The molecule has 1 N–H and O–H groups in total. The van der Waals surface area contributed by atoms with Crippen LogP contribution in [0.5, 0.6) is 5.75 Å². The van der Waals surface area contributed by atoms with E-state index in [1.54, 1.807) is 7.11 Å². The Kier molecular flexibility index (Phi) is 9.48. The Morgan fingerprint density at radius 2 is 2.00 bits per heavy atom. The quantitative estimate of drug-likeness (QED) is 0.421. The number of piperidine rings is 1. The average molecular weight is 445 g/mol. The van der Waals surface area contributed by atoms with Gasteiger partial charge in [-0.15, -0.1) is 24.0 Å². The molecule has 1 saturated heterocycles. The molecule has 0 aromatic heterocycles. The molecule has 1 aromatic rings. The molecule has 1 heterocycles. The number of methoxy groups -OCH3 is 1. The molecule has 0 spiro atoms. The number of rotatable bonds is 5. The number of halogens is 1. The highest BCUT2D eigenvalue weighted by Crippen LogP contribution is 2.26. The van der Waals surface area contributed by atoms with E-state index in [2.05, 4.69) is 43.1 Å². The largest absolute Gasteiger partial charge is 0.496 e. The summed E-state index contributed by atoms with van der Waals surface area (Å²) in [4.78, 5) is 7.29. The summed E-state index contributed by atoms with van der Waals surface area (Å²) in [6.45, 7) is 10.6. The molecular weight excluding hydrogens is 413 g/mol. The topological polar surface area (TPSA) is 36.9 Å². The van der Waals surface area contributed by atoms with Crippen LogP contribution in [0.25, 0.3) is 0 Å². The van der Waals surface area contributed by atoms with Crippen LogP contribution in [0, 0.1) is 5.92 Å². The zero-order valence-corrected chi connectivity index (χ0v) is 17.7. The van der Waals surface area contributed by atoms with Crippen LogP contribution in [0.2, 0.25) is 0 Å². The van der Waals surface area contributed by atoms with Crippen molar-refractivity contribution in [2.24, 2.45) is 10.9 Å². The van der Waals surface area contributed by atoms with Gasteiger partial charge in [-0.05, 0) is 37.3 Å². The SMILES string of the molecule is CCNC(=NCC(C)c1ccccc1OC)N1CCC(C)CC1.I. The molecule has 1 unspecified atom stereocenters. The maximum Gasteiger partial charge on any atom is 0.193 e. The number of benzene rings is 1. The number of guanidine groups is 1. The van der Waals surface area contributed by atoms with Crippen molar-refractivity contribution in [3.05, 3.63) is 29.8 Å². The van der Waals surface area contributed by atoms with Crippen LogP contribution < -0.4 is 10.1 Å². The van der Waals surface area contributed by atoms with Gasteiger partial charge in [0.25, 0.3) is 0 Å². The van der Waals surface area contributed by atoms with E-state index in [0.29, 0.717) is 5.92 Å². The fourth-order valence-electron chi connectivity index (χ4n) is 3.04. The minimum Gasteiger partial charge on any atom is -0.496 e. The molecule has 4 nitrogen and oxygen atoms in total. The molecule has 2 rings (SSSR count). The first-order valence-electron chi connectivity index (χ1n) is 8.81. The predicted octanol–water partition coefficient (Wildman–Crippen LogP) is 4.11. The lowest BCUT2D eigenvalue weighted by atomic mass is 9.99. The summed E-state index contributed by atoms with van der Waals surface area (Å²) >= 11 is 0. The molecule has 0 amide bonds. The number of aliphatic imine (C=N–C) groups is 1. The molecule has 0 bridgehead atoms. The highest BCUT2D eigenvalue weighted by atomic mass is 127. The normalized spacial score (nSPS) is 17.2. The molecular formula is C19H32IN3O. The maximum atomic E-state index is 5.47. The number of hydrogen-bond acceptors (Lipinski definition) is 2. The Hall–Kier alpha value is -0.980. The number of para-hydroxylation sites is 1. The van der Waals surface area contributed by atoms with E-state index in [9.17, 15) is 0 Å². The molecule has 1 atom stereocenters. The number of likely N-dealkylation sites (tertiary alicyclic amines) is 1. The molecule has 5 heteroatoms. The van der Waals surface area contributed by atoms with Gasteiger partial charge in [0.15, 0.2) is 5.96 Å². The van der Waals surface area contributed by atoms with Gasteiger partial charge in [-0.2, -0.15) is 0 Å². The number of nitrogens with one attached hydrogen (secondary N) is 1. The molecule has 1 aromatic carbocycles. The predicted molar refractivity (Wildman–Crippen MR) is 113 cm³/mol. The van der Waals surface area contributed by atoms with Crippen LogP contribution in [0.4, 0.5) is 0 Å². The van der Waals surface area contributed by atoms with E-state index < -0.39 is 0 Å². The Labute approximate surface area is 164 Å². The van der Waals surface area contributed by atoms with Gasteiger partial charge in [0.05, 0.1) is 7.11 Å². The Balaban J connectivity index is 0.00000288. The molecule has 0 aliphatic carbocycles. The summed E-state index contributed by atoms with van der Waals surface area (Å²) in [6.07, 6.45) is 2.51. The second-order valence-electron chi connectivity index (χ2n) is 6.51. The molecule has 0 radical (unpaired) electrons. The number of nitrogens with zero attached hydrogens (tertiary/aromatic N) is 2. The molecule has 136 valence electrons. The first kappa shape index (κ1) is 21.1. The van der Waals surface area contributed by atoms with Gasteiger partial charge in [0.1, 0.15) is 5.75 Å². The highest BCUT2D eigenvalue weighted by Gasteiger charge is 2.19. The van der Waals surface area contributed by atoms with Gasteiger partial charge in [0.2, 0.25) is 0 Å². The lowest BCUT2D eigenvalue weighted by Crippen LogP contribution is -2.45. The van der Waals surface area contributed by atoms with Crippen molar-refractivity contribution in [1.82, 2.24) is 10.2 Å². The average Bonchev–Trinajstić information content (AvgIpc) is 2.59. The highest BCUT2D eigenvalue weighted by molar-refractivity contribution is 14.0. The van der Waals surface area contributed by atoms with Crippen LogP contribution in [-0.2, 0) is 0 Å². The van der Waals surface area contributed by atoms with Crippen LogP contribution in [0.3, 0.4) is 0 Å². The molecule has 1 aliphatic heterocycles. The molecule has 1 fully saturated rings. The Morgan fingerprint density at radius 1 is 1.33 bits per heavy atom. The van der Waals surface area contributed by atoms with Crippen molar-refractivity contribution in [2.75, 3.05) is 33.3 Å². The zero-order chi connectivity index (χ0) is 16.7. The van der Waals surface area contributed by atoms with Crippen LogP contribution in [0.15, 0.2) is 29.3 Å². The van der Waals surface area contributed by atoms with Crippen LogP contribution in [-0.4, -0.2) is 44.1 Å². The second-order valence-corrected chi connectivity index (χ2v) is 6.51. The third-order valence-electron chi connectivity index (χ3n) is 4.60. The van der Waals surface area contributed by atoms with Gasteiger partial charge in [-0.1, -0.05) is 32.0 Å². The van der Waals surface area contributed by atoms with Gasteiger partial charge in [-0.25, -0.2) is 0 Å². The lowest BCUT2D eigenvalue weighted by molar-refractivity contribution is 0.273. The standard InChI is InChI=1S/C19H31N3O.HI/c1-5-20-19(22-12-10-15(2)11-13-22)21-14-16(3)17-8-6-7-9-18(17)23-4;/h6-9,15-16H,5,10-14H2,1-4H3,(H,20,21);1H. The first-order valence-corrected chi connectivity index (χ1v) is 8.81. The first-order chi connectivity index (χ1) is 11.2.